The van der Waals surface area contributed by atoms with E-state index in [0.717, 1.165) is 27.7 Å². The van der Waals surface area contributed by atoms with Crippen molar-refractivity contribution in [3.8, 4) is 5.00 Å². The highest BCUT2D eigenvalue weighted by Crippen LogP contribution is 2.41. The fourth-order valence-electron chi connectivity index (χ4n) is 4.17. The summed E-state index contributed by atoms with van der Waals surface area (Å²) in [7, 11) is 0. The molecule has 1 amide bonds. The lowest BCUT2D eigenvalue weighted by molar-refractivity contribution is -0.123. The number of aromatic nitrogens is 3. The zero-order chi connectivity index (χ0) is 23.4. The third-order valence-corrected chi connectivity index (χ3v) is 7.01. The number of carbonyl (C=O) groups excluding carboxylic acids is 1. The number of nitrogens with one attached hydrogen (secondary N) is 1. The summed E-state index contributed by atoms with van der Waals surface area (Å²) in [5.41, 5.74) is 4.25. The summed E-state index contributed by atoms with van der Waals surface area (Å²) in [6.07, 6.45) is 0.185. The van der Waals surface area contributed by atoms with Gasteiger partial charge in [-0.2, -0.15) is 0 Å². The van der Waals surface area contributed by atoms with Gasteiger partial charge >= 0.3 is 0 Å². The molecule has 0 saturated carbocycles. The molecule has 0 spiro atoms. The van der Waals surface area contributed by atoms with Gasteiger partial charge in [0.2, 0.25) is 5.91 Å². The average Bonchev–Trinajstić information content (AvgIpc) is 3.16. The van der Waals surface area contributed by atoms with E-state index in [1.807, 2.05) is 34.6 Å². The van der Waals surface area contributed by atoms with E-state index in [1.165, 1.54) is 16.0 Å². The van der Waals surface area contributed by atoms with Crippen molar-refractivity contribution in [2.24, 2.45) is 4.99 Å². The predicted molar refractivity (Wildman–Crippen MR) is 130 cm³/mol. The molecule has 0 fully saturated rings. The second-order valence-electron chi connectivity index (χ2n) is 9.94. The zero-order valence-corrected chi connectivity index (χ0v) is 20.9. The SMILES string of the molecule is Cc1ccc(C2=NC(C)(CC(=O)NC(C)(C)C)c3nnc(C)n3-c3sc(C)c(C)c32)cc1. The van der Waals surface area contributed by atoms with Crippen LogP contribution < -0.4 is 5.32 Å². The van der Waals surface area contributed by atoms with Gasteiger partial charge in [0, 0.05) is 21.5 Å². The van der Waals surface area contributed by atoms with Gasteiger partial charge in [0.05, 0.1) is 12.1 Å². The average molecular weight is 450 g/mol. The van der Waals surface area contributed by atoms with Crippen molar-refractivity contribution in [2.75, 3.05) is 0 Å². The second-order valence-corrected chi connectivity index (χ2v) is 11.1. The van der Waals surface area contributed by atoms with E-state index in [9.17, 15) is 4.79 Å². The van der Waals surface area contributed by atoms with E-state index in [1.54, 1.807) is 11.3 Å². The number of benzene rings is 1. The van der Waals surface area contributed by atoms with Crippen molar-refractivity contribution in [3.63, 3.8) is 0 Å². The summed E-state index contributed by atoms with van der Waals surface area (Å²) in [4.78, 5) is 19.6. The van der Waals surface area contributed by atoms with E-state index >= 15 is 0 Å². The number of hydrogen-bond acceptors (Lipinski definition) is 5. The molecule has 7 heteroatoms. The molecule has 1 N–H and O–H groups in total. The molecular weight excluding hydrogens is 418 g/mol. The van der Waals surface area contributed by atoms with Crippen LogP contribution in [0.25, 0.3) is 5.00 Å². The first-order chi connectivity index (χ1) is 14.9. The van der Waals surface area contributed by atoms with Gasteiger partial charge in [-0.1, -0.05) is 29.8 Å². The van der Waals surface area contributed by atoms with E-state index in [2.05, 4.69) is 65.1 Å². The molecular formula is C25H31N5OS. The monoisotopic (exact) mass is 449 g/mol. The normalized spacial score (nSPS) is 17.9. The Labute approximate surface area is 193 Å². The number of aliphatic imine (C=N–C) groups is 1. The van der Waals surface area contributed by atoms with Crippen molar-refractivity contribution < 1.29 is 4.79 Å². The smallest absolute Gasteiger partial charge is 0.223 e. The van der Waals surface area contributed by atoms with Crippen LogP contribution in [0.15, 0.2) is 29.3 Å². The summed E-state index contributed by atoms with van der Waals surface area (Å²) in [6, 6.07) is 8.43. The minimum atomic E-state index is -0.865. The Balaban J connectivity index is 1.98. The number of nitrogens with zero attached hydrogens (tertiary/aromatic N) is 4. The molecule has 6 nitrogen and oxygen atoms in total. The van der Waals surface area contributed by atoms with Crippen LogP contribution in [0.1, 0.15) is 72.9 Å². The van der Waals surface area contributed by atoms with Crippen LogP contribution >= 0.6 is 11.3 Å². The summed E-state index contributed by atoms with van der Waals surface area (Å²) in [6.45, 7) is 16.3. The molecule has 1 aromatic carbocycles. The van der Waals surface area contributed by atoms with Crippen LogP contribution in [0, 0.1) is 27.7 Å². The number of fused-ring (bicyclic) bond motifs is 3. The lowest BCUT2D eigenvalue weighted by atomic mass is 9.94. The number of rotatable bonds is 3. The molecule has 1 aliphatic rings. The fraction of sp³-hybridized carbons (Fsp3) is 0.440. The second kappa shape index (κ2) is 7.66. The molecule has 0 radical (unpaired) electrons. The van der Waals surface area contributed by atoms with Crippen LogP contribution in [0.3, 0.4) is 0 Å². The highest BCUT2D eigenvalue weighted by Gasteiger charge is 2.41. The summed E-state index contributed by atoms with van der Waals surface area (Å²) in [5.74, 6) is 1.44. The van der Waals surface area contributed by atoms with Crippen molar-refractivity contribution in [1.82, 2.24) is 20.1 Å². The highest BCUT2D eigenvalue weighted by molar-refractivity contribution is 7.15. The van der Waals surface area contributed by atoms with Gasteiger partial charge in [0.15, 0.2) is 5.82 Å². The van der Waals surface area contributed by atoms with Gasteiger partial charge in [-0.3, -0.25) is 14.4 Å². The number of thiophene rings is 1. The topological polar surface area (TPSA) is 72.2 Å². The molecule has 1 atom stereocenters. The maximum absolute atomic E-state index is 13.0. The Morgan fingerprint density at radius 3 is 2.38 bits per heavy atom. The largest absolute Gasteiger partial charge is 0.351 e. The van der Waals surface area contributed by atoms with Crippen molar-refractivity contribution >= 4 is 23.0 Å². The Bertz CT molecular complexity index is 1230. The maximum Gasteiger partial charge on any atom is 0.223 e. The molecule has 4 rings (SSSR count). The molecule has 2 aromatic heterocycles. The van der Waals surface area contributed by atoms with Crippen LogP contribution in [0.5, 0.6) is 0 Å². The maximum atomic E-state index is 13.0. The molecule has 3 aromatic rings. The Morgan fingerprint density at radius 2 is 1.75 bits per heavy atom. The Kier molecular flexibility index (Phi) is 5.36. The van der Waals surface area contributed by atoms with Gasteiger partial charge in [-0.25, -0.2) is 0 Å². The summed E-state index contributed by atoms with van der Waals surface area (Å²) in [5, 5.41) is 13.1. The minimum Gasteiger partial charge on any atom is -0.351 e. The quantitative estimate of drug-likeness (QED) is 0.616. The molecule has 0 bridgehead atoms. The zero-order valence-electron chi connectivity index (χ0n) is 20.1. The fourth-order valence-corrected chi connectivity index (χ4v) is 5.37. The molecule has 1 aliphatic heterocycles. The van der Waals surface area contributed by atoms with E-state index < -0.39 is 5.54 Å². The molecule has 168 valence electrons. The van der Waals surface area contributed by atoms with Crippen LogP contribution in [-0.2, 0) is 10.3 Å². The molecule has 0 aliphatic carbocycles. The van der Waals surface area contributed by atoms with Crippen molar-refractivity contribution in [3.05, 3.63) is 63.0 Å². The van der Waals surface area contributed by atoms with Gasteiger partial charge in [-0.15, -0.1) is 21.5 Å². The first-order valence-corrected chi connectivity index (χ1v) is 11.7. The van der Waals surface area contributed by atoms with Gasteiger partial charge in [-0.05, 0) is 61.0 Å². The van der Waals surface area contributed by atoms with Crippen molar-refractivity contribution in [2.45, 2.75) is 72.9 Å². The van der Waals surface area contributed by atoms with Crippen LogP contribution in [0.2, 0.25) is 0 Å². The van der Waals surface area contributed by atoms with Crippen molar-refractivity contribution in [1.29, 1.82) is 0 Å². The predicted octanol–water partition coefficient (Wildman–Crippen LogP) is 4.93. The highest BCUT2D eigenvalue weighted by atomic mass is 32.1. The molecule has 0 saturated heterocycles. The van der Waals surface area contributed by atoms with E-state index in [-0.39, 0.29) is 17.9 Å². The number of carbonyl (C=O) groups is 1. The summed E-state index contributed by atoms with van der Waals surface area (Å²) >= 11 is 1.72. The van der Waals surface area contributed by atoms with E-state index in [4.69, 9.17) is 4.99 Å². The first-order valence-electron chi connectivity index (χ1n) is 10.9. The number of hydrogen-bond donors (Lipinski definition) is 1. The Morgan fingerprint density at radius 1 is 1.09 bits per heavy atom. The Hall–Kier alpha value is -2.80. The third-order valence-electron chi connectivity index (χ3n) is 5.82. The number of amides is 1. The van der Waals surface area contributed by atoms with Gasteiger partial charge < -0.3 is 5.32 Å². The third kappa shape index (κ3) is 3.90. The lowest BCUT2D eigenvalue weighted by Crippen LogP contribution is -2.43. The standard InChI is InChI=1S/C25H31N5OS/c1-14-9-11-18(12-10-14)21-20-15(2)16(3)32-22(20)30-17(4)28-29-23(30)25(8,27-21)13-19(31)26-24(5,6)7/h9-12H,13H2,1-8H3,(H,26,31). The van der Waals surface area contributed by atoms with E-state index in [0.29, 0.717) is 5.82 Å². The first kappa shape index (κ1) is 22.4. The molecule has 32 heavy (non-hydrogen) atoms. The van der Waals surface area contributed by atoms with Gasteiger partial charge in [0.25, 0.3) is 0 Å². The van der Waals surface area contributed by atoms with Crippen LogP contribution in [0.4, 0.5) is 0 Å². The minimum absolute atomic E-state index is 0.0580. The number of aryl methyl sites for hydroxylation is 3. The summed E-state index contributed by atoms with van der Waals surface area (Å²) < 4.78 is 2.09. The van der Waals surface area contributed by atoms with Crippen LogP contribution in [-0.4, -0.2) is 31.9 Å². The van der Waals surface area contributed by atoms with Gasteiger partial charge in [0.1, 0.15) is 16.4 Å². The lowest BCUT2D eigenvalue weighted by Gasteiger charge is -2.27. The molecule has 3 heterocycles. The molecule has 1 unspecified atom stereocenters.